The third kappa shape index (κ3) is 3.68. The summed E-state index contributed by atoms with van der Waals surface area (Å²) >= 11 is 6.02. The number of H-pyrrole nitrogens is 1. The number of nitrogens with one attached hydrogen (secondary N) is 1. The van der Waals surface area contributed by atoms with Crippen molar-refractivity contribution >= 4 is 17.4 Å². The monoisotopic (exact) mass is 285 g/mol. The second-order valence-corrected chi connectivity index (χ2v) is 5.07. The van der Waals surface area contributed by atoms with Crippen LogP contribution in [0.1, 0.15) is 12.8 Å². The van der Waals surface area contributed by atoms with Crippen LogP contribution < -0.4 is 16.2 Å². The largest absolute Gasteiger partial charge is 0.354 e. The van der Waals surface area contributed by atoms with Gasteiger partial charge in [-0.2, -0.15) is 0 Å². The molecule has 7 heteroatoms. The van der Waals surface area contributed by atoms with Gasteiger partial charge in [0, 0.05) is 19.6 Å². The molecule has 0 saturated carbocycles. The van der Waals surface area contributed by atoms with E-state index < -0.39 is 0 Å². The molecule has 106 valence electrons. The number of hydrogen-bond acceptors (Lipinski definition) is 5. The van der Waals surface area contributed by atoms with Crippen LogP contribution in [0.3, 0.4) is 0 Å². The van der Waals surface area contributed by atoms with Crippen molar-refractivity contribution in [2.45, 2.75) is 12.8 Å². The topological polar surface area (TPSA) is 78.2 Å². The Morgan fingerprint density at radius 2 is 2.21 bits per heavy atom. The Morgan fingerprint density at radius 3 is 3.00 bits per heavy atom. The van der Waals surface area contributed by atoms with Crippen LogP contribution in [0, 0.1) is 0 Å². The van der Waals surface area contributed by atoms with Gasteiger partial charge in [0.25, 0.3) is 5.56 Å². The van der Waals surface area contributed by atoms with Crippen LogP contribution in [0.15, 0.2) is 11.1 Å². The summed E-state index contributed by atoms with van der Waals surface area (Å²) in [6.45, 7) is 5.46. The highest BCUT2D eigenvalue weighted by molar-refractivity contribution is 6.32. The van der Waals surface area contributed by atoms with E-state index in [2.05, 4.69) is 19.8 Å². The first kappa shape index (κ1) is 14.3. The summed E-state index contributed by atoms with van der Waals surface area (Å²) in [7, 11) is 0. The first-order valence-corrected chi connectivity index (χ1v) is 7.00. The number of nitrogens with two attached hydrogens (primary N) is 1. The van der Waals surface area contributed by atoms with E-state index in [-0.39, 0.29) is 10.6 Å². The Morgan fingerprint density at radius 1 is 1.37 bits per heavy atom. The molecule has 0 spiro atoms. The number of halogens is 1. The maximum atomic E-state index is 11.5. The molecule has 1 aromatic rings. The van der Waals surface area contributed by atoms with Gasteiger partial charge in [-0.05, 0) is 32.5 Å². The van der Waals surface area contributed by atoms with Crippen molar-refractivity contribution in [3.63, 3.8) is 0 Å². The molecule has 0 aliphatic carbocycles. The molecule has 1 aliphatic heterocycles. The molecule has 0 aromatic carbocycles. The molecule has 0 atom stereocenters. The number of anilines is 1. The van der Waals surface area contributed by atoms with Crippen molar-refractivity contribution in [2.24, 2.45) is 5.73 Å². The quantitative estimate of drug-likeness (QED) is 0.831. The summed E-state index contributed by atoms with van der Waals surface area (Å²) in [4.78, 5) is 22.6. The van der Waals surface area contributed by atoms with E-state index in [4.69, 9.17) is 17.3 Å². The summed E-state index contributed by atoms with van der Waals surface area (Å²) in [6.07, 6.45) is 3.46. The highest BCUT2D eigenvalue weighted by Gasteiger charge is 2.18. The van der Waals surface area contributed by atoms with E-state index in [1.165, 1.54) is 6.33 Å². The van der Waals surface area contributed by atoms with Crippen LogP contribution in [0.2, 0.25) is 5.02 Å². The molecule has 0 amide bonds. The third-order valence-corrected chi connectivity index (χ3v) is 3.69. The molecule has 2 rings (SSSR count). The molecule has 19 heavy (non-hydrogen) atoms. The third-order valence-electron chi connectivity index (χ3n) is 3.34. The van der Waals surface area contributed by atoms with E-state index in [0.717, 1.165) is 52.1 Å². The second-order valence-electron chi connectivity index (χ2n) is 4.69. The first-order valence-electron chi connectivity index (χ1n) is 6.63. The zero-order valence-electron chi connectivity index (χ0n) is 10.9. The SMILES string of the molecule is NCCCN1CCCN(c2nc[nH]c(=O)c2Cl)CC1. The highest BCUT2D eigenvalue weighted by Crippen LogP contribution is 2.19. The summed E-state index contributed by atoms with van der Waals surface area (Å²) in [6, 6.07) is 0. The standard InChI is InChI=1S/C12H20ClN5O/c13-10-11(15-9-16-12(10)19)18-6-2-5-17(7-8-18)4-1-3-14/h9H,1-8,14H2,(H,15,16,19). The lowest BCUT2D eigenvalue weighted by Gasteiger charge is -2.22. The molecule has 0 unspecified atom stereocenters. The van der Waals surface area contributed by atoms with Crippen LogP contribution in [0.25, 0.3) is 0 Å². The summed E-state index contributed by atoms with van der Waals surface area (Å²) in [5.41, 5.74) is 5.26. The first-order chi connectivity index (χ1) is 9.22. The van der Waals surface area contributed by atoms with Gasteiger partial charge in [0.15, 0.2) is 5.82 Å². The van der Waals surface area contributed by atoms with E-state index in [1.54, 1.807) is 0 Å². The van der Waals surface area contributed by atoms with E-state index >= 15 is 0 Å². The van der Waals surface area contributed by atoms with Gasteiger partial charge in [-0.15, -0.1) is 0 Å². The van der Waals surface area contributed by atoms with Gasteiger partial charge in [-0.25, -0.2) is 4.98 Å². The lowest BCUT2D eigenvalue weighted by Crippen LogP contribution is -2.33. The minimum Gasteiger partial charge on any atom is -0.354 e. The molecule has 3 N–H and O–H groups in total. The smallest absolute Gasteiger partial charge is 0.271 e. The van der Waals surface area contributed by atoms with Crippen molar-refractivity contribution < 1.29 is 0 Å². The van der Waals surface area contributed by atoms with Crippen LogP contribution in [-0.2, 0) is 0 Å². The average molecular weight is 286 g/mol. The van der Waals surface area contributed by atoms with E-state index in [9.17, 15) is 4.79 Å². The van der Waals surface area contributed by atoms with Crippen molar-refractivity contribution in [1.82, 2.24) is 14.9 Å². The summed E-state index contributed by atoms with van der Waals surface area (Å²) in [5.74, 6) is 0.589. The highest BCUT2D eigenvalue weighted by atomic mass is 35.5. The van der Waals surface area contributed by atoms with Crippen molar-refractivity contribution in [3.8, 4) is 0 Å². The molecule has 1 fully saturated rings. The van der Waals surface area contributed by atoms with Crippen LogP contribution in [-0.4, -0.2) is 54.1 Å². The summed E-state index contributed by atoms with van der Waals surface area (Å²) < 4.78 is 0. The molecule has 2 heterocycles. The molecule has 1 aromatic heterocycles. The number of hydrogen-bond donors (Lipinski definition) is 2. The molecule has 6 nitrogen and oxygen atoms in total. The Balaban J connectivity index is 2.02. The fourth-order valence-corrected chi connectivity index (χ4v) is 2.54. The maximum absolute atomic E-state index is 11.5. The lowest BCUT2D eigenvalue weighted by atomic mass is 10.3. The van der Waals surface area contributed by atoms with Gasteiger partial charge in [0.2, 0.25) is 0 Å². The number of aromatic nitrogens is 2. The minimum absolute atomic E-state index is 0.179. The van der Waals surface area contributed by atoms with Crippen molar-refractivity contribution in [3.05, 3.63) is 21.7 Å². The van der Waals surface area contributed by atoms with Gasteiger partial charge in [-0.3, -0.25) is 4.79 Å². The van der Waals surface area contributed by atoms with Crippen molar-refractivity contribution in [1.29, 1.82) is 0 Å². The van der Waals surface area contributed by atoms with Gasteiger partial charge in [0.1, 0.15) is 5.02 Å². The molecule has 0 radical (unpaired) electrons. The van der Waals surface area contributed by atoms with Crippen LogP contribution in [0.5, 0.6) is 0 Å². The molecule has 0 bridgehead atoms. The summed E-state index contributed by atoms with van der Waals surface area (Å²) in [5, 5.41) is 0.179. The average Bonchev–Trinajstić information content (AvgIpc) is 2.65. The van der Waals surface area contributed by atoms with E-state index in [0.29, 0.717) is 5.82 Å². The zero-order valence-corrected chi connectivity index (χ0v) is 11.7. The zero-order chi connectivity index (χ0) is 13.7. The van der Waals surface area contributed by atoms with Crippen molar-refractivity contribution in [2.75, 3.05) is 44.2 Å². The number of rotatable bonds is 4. The Hall–Kier alpha value is -1.11. The lowest BCUT2D eigenvalue weighted by molar-refractivity contribution is 0.291. The Bertz CT molecular complexity index is 464. The molecular weight excluding hydrogens is 266 g/mol. The van der Waals surface area contributed by atoms with Gasteiger partial charge < -0.3 is 20.5 Å². The Kier molecular flexibility index (Phi) is 5.18. The van der Waals surface area contributed by atoms with E-state index in [1.807, 2.05) is 0 Å². The second kappa shape index (κ2) is 6.88. The number of nitrogens with zero attached hydrogens (tertiary/aromatic N) is 3. The molecule has 1 saturated heterocycles. The minimum atomic E-state index is -0.282. The predicted molar refractivity (Wildman–Crippen MR) is 76.8 cm³/mol. The Labute approximate surface area is 117 Å². The van der Waals surface area contributed by atoms with Crippen LogP contribution >= 0.6 is 11.6 Å². The molecular formula is C12H20ClN5O. The number of aromatic amines is 1. The van der Waals surface area contributed by atoms with Gasteiger partial charge in [-0.1, -0.05) is 11.6 Å². The normalized spacial score (nSPS) is 17.5. The maximum Gasteiger partial charge on any atom is 0.271 e. The van der Waals surface area contributed by atoms with Crippen LogP contribution in [0.4, 0.5) is 5.82 Å². The van der Waals surface area contributed by atoms with Gasteiger partial charge in [0.05, 0.1) is 6.33 Å². The van der Waals surface area contributed by atoms with Gasteiger partial charge >= 0.3 is 0 Å². The predicted octanol–water partition coefficient (Wildman–Crippen LogP) is 0.284. The fourth-order valence-electron chi connectivity index (χ4n) is 2.32. The fraction of sp³-hybridized carbons (Fsp3) is 0.667. The molecule has 1 aliphatic rings.